The Morgan fingerprint density at radius 3 is 2.89 bits per heavy atom. The first-order chi connectivity index (χ1) is 8.58. The van der Waals surface area contributed by atoms with Crippen molar-refractivity contribution in [2.24, 2.45) is 0 Å². The highest BCUT2D eigenvalue weighted by Gasteiger charge is 2.14. The highest BCUT2D eigenvalue weighted by atomic mass is 35.5. The number of hydrogen-bond acceptors (Lipinski definition) is 4. The number of hydrogen-bond donors (Lipinski definition) is 0. The minimum Gasteiger partial charge on any atom is -0.336 e. The zero-order valence-electron chi connectivity index (χ0n) is 10.1. The molecule has 0 aliphatic carbocycles. The fourth-order valence-electron chi connectivity index (χ4n) is 1.53. The SMILES string of the molecule is Cc1nnsc1CN(C)C(=O)c1cccc(Cl)c1. The van der Waals surface area contributed by atoms with Gasteiger partial charge in [-0.3, -0.25) is 4.79 Å². The third kappa shape index (κ3) is 2.86. The lowest BCUT2D eigenvalue weighted by Gasteiger charge is -2.16. The molecule has 0 N–H and O–H groups in total. The smallest absolute Gasteiger partial charge is 0.253 e. The molecule has 6 heteroatoms. The Morgan fingerprint density at radius 2 is 2.28 bits per heavy atom. The highest BCUT2D eigenvalue weighted by Crippen LogP contribution is 2.16. The molecule has 0 saturated carbocycles. The van der Waals surface area contributed by atoms with Crippen LogP contribution in [0.25, 0.3) is 0 Å². The Kier molecular flexibility index (Phi) is 3.93. The zero-order chi connectivity index (χ0) is 13.1. The molecule has 0 aliphatic rings. The van der Waals surface area contributed by atoms with Crippen LogP contribution in [0.2, 0.25) is 5.02 Å². The van der Waals surface area contributed by atoms with E-state index < -0.39 is 0 Å². The second-order valence-electron chi connectivity index (χ2n) is 3.95. The van der Waals surface area contributed by atoms with Crippen molar-refractivity contribution < 1.29 is 4.79 Å². The molecule has 0 fully saturated rings. The molecule has 1 heterocycles. The van der Waals surface area contributed by atoms with Crippen molar-refractivity contribution in [3.63, 3.8) is 0 Å². The normalized spacial score (nSPS) is 10.4. The molecule has 1 aromatic carbocycles. The van der Waals surface area contributed by atoms with Crippen molar-refractivity contribution in [3.8, 4) is 0 Å². The first-order valence-corrected chi connectivity index (χ1v) is 6.52. The van der Waals surface area contributed by atoms with Crippen molar-refractivity contribution in [1.29, 1.82) is 0 Å². The van der Waals surface area contributed by atoms with Crippen LogP contribution in [-0.4, -0.2) is 27.4 Å². The van der Waals surface area contributed by atoms with E-state index in [0.717, 1.165) is 10.6 Å². The number of rotatable bonds is 3. The van der Waals surface area contributed by atoms with Crippen molar-refractivity contribution in [2.45, 2.75) is 13.5 Å². The molecule has 0 bridgehead atoms. The maximum Gasteiger partial charge on any atom is 0.253 e. The first kappa shape index (κ1) is 13.0. The molecule has 1 amide bonds. The van der Waals surface area contributed by atoms with Gasteiger partial charge in [-0.1, -0.05) is 22.2 Å². The van der Waals surface area contributed by atoms with E-state index in [9.17, 15) is 4.79 Å². The third-order valence-electron chi connectivity index (χ3n) is 2.54. The number of halogens is 1. The summed E-state index contributed by atoms with van der Waals surface area (Å²) in [4.78, 5) is 14.8. The van der Waals surface area contributed by atoms with E-state index in [1.807, 2.05) is 6.92 Å². The minimum absolute atomic E-state index is 0.0645. The Bertz CT molecular complexity index is 570. The predicted octanol–water partition coefficient (Wildman–Crippen LogP) is 2.77. The lowest BCUT2D eigenvalue weighted by molar-refractivity contribution is 0.0786. The van der Waals surface area contributed by atoms with Gasteiger partial charge in [-0.2, -0.15) is 0 Å². The number of nitrogens with zero attached hydrogens (tertiary/aromatic N) is 3. The van der Waals surface area contributed by atoms with E-state index in [4.69, 9.17) is 11.6 Å². The van der Waals surface area contributed by atoms with Gasteiger partial charge in [0.25, 0.3) is 5.91 Å². The van der Waals surface area contributed by atoms with Crippen LogP contribution >= 0.6 is 23.1 Å². The fourth-order valence-corrected chi connectivity index (χ4v) is 2.40. The van der Waals surface area contributed by atoms with Crippen molar-refractivity contribution in [1.82, 2.24) is 14.5 Å². The largest absolute Gasteiger partial charge is 0.336 e. The number of carbonyl (C=O) groups excluding carboxylic acids is 1. The highest BCUT2D eigenvalue weighted by molar-refractivity contribution is 7.05. The van der Waals surface area contributed by atoms with Crippen LogP contribution in [0.3, 0.4) is 0 Å². The van der Waals surface area contributed by atoms with Gasteiger partial charge < -0.3 is 4.90 Å². The predicted molar refractivity (Wildman–Crippen MR) is 71.9 cm³/mol. The summed E-state index contributed by atoms with van der Waals surface area (Å²) in [6.07, 6.45) is 0. The van der Waals surface area contributed by atoms with Crippen LogP contribution in [-0.2, 0) is 6.54 Å². The minimum atomic E-state index is -0.0645. The number of aryl methyl sites for hydroxylation is 1. The first-order valence-electron chi connectivity index (χ1n) is 5.37. The molecular formula is C12H12ClN3OS. The summed E-state index contributed by atoms with van der Waals surface area (Å²) in [6.45, 7) is 2.39. The Hall–Kier alpha value is -1.46. The van der Waals surface area contributed by atoms with Gasteiger partial charge in [-0.05, 0) is 36.7 Å². The van der Waals surface area contributed by atoms with Gasteiger partial charge in [0.1, 0.15) is 0 Å². The molecule has 0 atom stereocenters. The van der Waals surface area contributed by atoms with Gasteiger partial charge in [0.2, 0.25) is 0 Å². The molecular weight excluding hydrogens is 270 g/mol. The van der Waals surface area contributed by atoms with Crippen LogP contribution < -0.4 is 0 Å². The second-order valence-corrected chi connectivity index (χ2v) is 5.23. The summed E-state index contributed by atoms with van der Waals surface area (Å²) in [7, 11) is 1.75. The van der Waals surface area contributed by atoms with Gasteiger partial charge in [0.15, 0.2) is 0 Å². The lowest BCUT2D eigenvalue weighted by Crippen LogP contribution is -2.26. The molecule has 0 saturated heterocycles. The van der Waals surface area contributed by atoms with E-state index >= 15 is 0 Å². The Labute approximate surface area is 114 Å². The van der Waals surface area contributed by atoms with E-state index in [1.54, 1.807) is 36.2 Å². The maximum atomic E-state index is 12.2. The van der Waals surface area contributed by atoms with Crippen molar-refractivity contribution in [3.05, 3.63) is 45.4 Å². The van der Waals surface area contributed by atoms with Gasteiger partial charge in [-0.25, -0.2) is 0 Å². The Morgan fingerprint density at radius 1 is 1.50 bits per heavy atom. The van der Waals surface area contributed by atoms with Gasteiger partial charge in [0.05, 0.1) is 17.1 Å². The summed E-state index contributed by atoms with van der Waals surface area (Å²) in [6, 6.07) is 6.93. The molecule has 0 unspecified atom stereocenters. The van der Waals surface area contributed by atoms with Gasteiger partial charge >= 0.3 is 0 Å². The number of aromatic nitrogens is 2. The van der Waals surface area contributed by atoms with Crippen LogP contribution in [0.15, 0.2) is 24.3 Å². The molecule has 94 valence electrons. The van der Waals surface area contributed by atoms with E-state index in [0.29, 0.717) is 17.1 Å². The molecule has 0 aliphatic heterocycles. The third-order valence-corrected chi connectivity index (χ3v) is 3.59. The summed E-state index contributed by atoms with van der Waals surface area (Å²) in [5.41, 5.74) is 1.45. The molecule has 4 nitrogen and oxygen atoms in total. The number of amides is 1. The molecule has 2 rings (SSSR count). The maximum absolute atomic E-state index is 12.2. The van der Waals surface area contributed by atoms with Crippen molar-refractivity contribution >= 4 is 29.0 Å². The van der Waals surface area contributed by atoms with Crippen LogP contribution in [0.4, 0.5) is 0 Å². The zero-order valence-corrected chi connectivity index (χ0v) is 11.6. The summed E-state index contributed by atoms with van der Waals surface area (Å²) in [5, 5.41) is 4.49. The average molecular weight is 282 g/mol. The van der Waals surface area contributed by atoms with Crippen LogP contribution in [0.1, 0.15) is 20.9 Å². The lowest BCUT2D eigenvalue weighted by atomic mass is 10.2. The fraction of sp³-hybridized carbons (Fsp3) is 0.250. The molecule has 0 radical (unpaired) electrons. The Balaban J connectivity index is 2.12. The summed E-state index contributed by atoms with van der Waals surface area (Å²) < 4.78 is 3.85. The van der Waals surface area contributed by atoms with Gasteiger partial charge in [-0.15, -0.1) is 5.10 Å². The molecule has 18 heavy (non-hydrogen) atoms. The topological polar surface area (TPSA) is 46.1 Å². The van der Waals surface area contributed by atoms with Crippen LogP contribution in [0.5, 0.6) is 0 Å². The monoisotopic (exact) mass is 281 g/mol. The quantitative estimate of drug-likeness (QED) is 0.869. The summed E-state index contributed by atoms with van der Waals surface area (Å²) >= 11 is 7.19. The van der Waals surface area contributed by atoms with E-state index in [-0.39, 0.29) is 5.91 Å². The van der Waals surface area contributed by atoms with Gasteiger partial charge in [0, 0.05) is 17.6 Å². The molecule has 1 aromatic heterocycles. The average Bonchev–Trinajstić information content (AvgIpc) is 2.74. The molecule has 0 spiro atoms. The second kappa shape index (κ2) is 5.46. The molecule has 2 aromatic rings. The number of benzene rings is 1. The van der Waals surface area contributed by atoms with Crippen molar-refractivity contribution in [2.75, 3.05) is 7.05 Å². The summed E-state index contributed by atoms with van der Waals surface area (Å²) in [5.74, 6) is -0.0645. The van der Waals surface area contributed by atoms with E-state index in [1.165, 1.54) is 11.5 Å². The number of carbonyl (C=O) groups is 1. The van der Waals surface area contributed by atoms with Crippen LogP contribution in [0, 0.1) is 6.92 Å². The standard InChI is InChI=1S/C12H12ClN3OS/c1-8-11(18-15-14-8)7-16(2)12(17)9-4-3-5-10(13)6-9/h3-6H,7H2,1-2H3. The van der Waals surface area contributed by atoms with E-state index in [2.05, 4.69) is 9.59 Å².